The van der Waals surface area contributed by atoms with Gasteiger partial charge in [0, 0.05) is 41.4 Å². The summed E-state index contributed by atoms with van der Waals surface area (Å²) in [7, 11) is 1.66. The van der Waals surface area contributed by atoms with Crippen LogP contribution in [0.15, 0.2) is 53.4 Å². The van der Waals surface area contributed by atoms with Gasteiger partial charge in [-0.3, -0.25) is 9.59 Å². The van der Waals surface area contributed by atoms with Gasteiger partial charge in [-0.05, 0) is 55.8 Å². The highest BCUT2D eigenvalue weighted by molar-refractivity contribution is 7.98. The third kappa shape index (κ3) is 6.29. The van der Waals surface area contributed by atoms with E-state index in [2.05, 4.69) is 0 Å². The second-order valence-corrected chi connectivity index (χ2v) is 7.65. The van der Waals surface area contributed by atoms with Crippen molar-refractivity contribution in [3.8, 4) is 0 Å². The van der Waals surface area contributed by atoms with Gasteiger partial charge < -0.3 is 9.80 Å². The maximum Gasteiger partial charge on any atom is 0.254 e. The maximum absolute atomic E-state index is 12.5. The number of thioether (sulfide) groups is 1. The zero-order valence-corrected chi connectivity index (χ0v) is 17.5. The number of carbonyl (C=O) groups is 2. The van der Waals surface area contributed by atoms with Gasteiger partial charge in [-0.15, -0.1) is 11.8 Å². The van der Waals surface area contributed by atoms with Crippen LogP contribution in [0.5, 0.6) is 0 Å². The number of nitrogens with zero attached hydrogens (tertiary/aromatic N) is 2. The highest BCUT2D eigenvalue weighted by Crippen LogP contribution is 2.24. The van der Waals surface area contributed by atoms with E-state index in [1.807, 2.05) is 62.4 Å². The molecular formula is C21H25ClN2O2S. The van der Waals surface area contributed by atoms with Crippen molar-refractivity contribution in [2.45, 2.75) is 24.5 Å². The first-order chi connectivity index (χ1) is 12.9. The minimum atomic E-state index is -0.146. The average Bonchev–Trinajstić information content (AvgIpc) is 2.68. The second kappa shape index (κ2) is 10.4. The number of carbonyl (C=O) groups excluding carboxylic acids is 2. The Morgan fingerprint density at radius 1 is 0.963 bits per heavy atom. The summed E-state index contributed by atoms with van der Waals surface area (Å²) in [5.41, 5.74) is 1.72. The molecule has 0 atom stereocenters. The fourth-order valence-electron chi connectivity index (χ4n) is 2.61. The van der Waals surface area contributed by atoms with Crippen molar-refractivity contribution in [1.82, 2.24) is 9.80 Å². The lowest BCUT2D eigenvalue weighted by Gasteiger charge is -2.23. The molecule has 4 nitrogen and oxygen atoms in total. The van der Waals surface area contributed by atoms with Crippen molar-refractivity contribution in [3.63, 3.8) is 0 Å². The number of hydrogen-bond acceptors (Lipinski definition) is 3. The van der Waals surface area contributed by atoms with E-state index in [1.54, 1.807) is 23.7 Å². The number of hydrogen-bond donors (Lipinski definition) is 0. The van der Waals surface area contributed by atoms with E-state index in [0.29, 0.717) is 18.7 Å². The van der Waals surface area contributed by atoms with E-state index >= 15 is 0 Å². The Morgan fingerprint density at radius 3 is 2.11 bits per heavy atom. The number of likely N-dealkylation sites (N-methyl/N-ethyl adjacent to an activating group) is 2. The molecule has 0 saturated heterocycles. The fraction of sp³-hybridized carbons (Fsp3) is 0.333. The van der Waals surface area contributed by atoms with Crippen LogP contribution in [0, 0.1) is 0 Å². The van der Waals surface area contributed by atoms with Gasteiger partial charge in [-0.25, -0.2) is 0 Å². The predicted molar refractivity (Wildman–Crippen MR) is 112 cm³/mol. The minimum absolute atomic E-state index is 0.0353. The summed E-state index contributed by atoms with van der Waals surface area (Å²) in [5, 5.41) is 0.728. The molecule has 0 aliphatic rings. The predicted octanol–water partition coefficient (Wildman–Crippen LogP) is 4.57. The van der Waals surface area contributed by atoms with Gasteiger partial charge in [-0.2, -0.15) is 0 Å². The first-order valence-corrected chi connectivity index (χ1v) is 10.3. The summed E-state index contributed by atoms with van der Waals surface area (Å²) in [6.07, 6.45) is 0. The van der Waals surface area contributed by atoms with Crippen molar-refractivity contribution in [2.24, 2.45) is 0 Å². The lowest BCUT2D eigenvalue weighted by molar-refractivity contribution is -0.131. The molecule has 0 saturated carbocycles. The molecule has 0 fully saturated rings. The van der Waals surface area contributed by atoms with Gasteiger partial charge in [0.15, 0.2) is 0 Å². The summed E-state index contributed by atoms with van der Waals surface area (Å²) in [6.45, 7) is 5.26. The van der Waals surface area contributed by atoms with Crippen molar-refractivity contribution in [1.29, 1.82) is 0 Å². The quantitative estimate of drug-likeness (QED) is 0.605. The summed E-state index contributed by atoms with van der Waals surface area (Å²) in [6, 6.07) is 15.3. The van der Waals surface area contributed by atoms with Crippen LogP contribution in [-0.4, -0.2) is 48.3 Å². The summed E-state index contributed by atoms with van der Waals surface area (Å²) >= 11 is 7.61. The van der Waals surface area contributed by atoms with E-state index in [9.17, 15) is 9.59 Å². The molecular weight excluding hydrogens is 380 g/mol. The maximum atomic E-state index is 12.5. The van der Waals surface area contributed by atoms with Crippen molar-refractivity contribution < 1.29 is 9.59 Å². The summed E-state index contributed by atoms with van der Waals surface area (Å²) in [4.78, 5) is 29.0. The molecule has 27 heavy (non-hydrogen) atoms. The molecule has 0 aromatic heterocycles. The number of amides is 2. The molecule has 6 heteroatoms. The number of benzene rings is 2. The van der Waals surface area contributed by atoms with Gasteiger partial charge in [0.05, 0.1) is 6.54 Å². The molecule has 144 valence electrons. The Balaban J connectivity index is 1.92. The van der Waals surface area contributed by atoms with Crippen LogP contribution in [0.4, 0.5) is 0 Å². The van der Waals surface area contributed by atoms with E-state index in [1.165, 1.54) is 4.90 Å². The van der Waals surface area contributed by atoms with Crippen molar-refractivity contribution in [3.05, 3.63) is 64.7 Å². The summed E-state index contributed by atoms with van der Waals surface area (Å²) in [5.74, 6) is 0.631. The van der Waals surface area contributed by atoms with Gasteiger partial charge in [0.25, 0.3) is 5.91 Å². The SMILES string of the molecule is CCN(CC)C(=O)CN(C)C(=O)c1ccc(CSc2ccc(Cl)cc2)cc1. The molecule has 0 heterocycles. The molecule has 2 amide bonds. The van der Waals surface area contributed by atoms with Crippen molar-refractivity contribution in [2.75, 3.05) is 26.7 Å². The summed E-state index contributed by atoms with van der Waals surface area (Å²) < 4.78 is 0. The lowest BCUT2D eigenvalue weighted by atomic mass is 10.1. The van der Waals surface area contributed by atoms with Gasteiger partial charge in [0.1, 0.15) is 0 Å². The Labute approximate surface area is 170 Å². The smallest absolute Gasteiger partial charge is 0.254 e. The van der Waals surface area contributed by atoms with E-state index in [4.69, 9.17) is 11.6 Å². The van der Waals surface area contributed by atoms with Crippen LogP contribution >= 0.6 is 23.4 Å². The van der Waals surface area contributed by atoms with Gasteiger partial charge >= 0.3 is 0 Å². The van der Waals surface area contributed by atoms with Crippen molar-refractivity contribution >= 4 is 35.2 Å². The molecule has 0 aliphatic carbocycles. The van der Waals surface area contributed by atoms with E-state index < -0.39 is 0 Å². The first kappa shape index (κ1) is 21.3. The lowest BCUT2D eigenvalue weighted by Crippen LogP contribution is -2.41. The second-order valence-electron chi connectivity index (χ2n) is 6.17. The van der Waals surface area contributed by atoms with Crippen LogP contribution < -0.4 is 0 Å². The Bertz CT molecular complexity index is 759. The Hall–Kier alpha value is -1.98. The van der Waals surface area contributed by atoms with Crippen LogP contribution in [0.3, 0.4) is 0 Å². The molecule has 0 unspecified atom stereocenters. The van der Waals surface area contributed by atoms with Crippen LogP contribution in [0.1, 0.15) is 29.8 Å². The molecule has 2 aromatic rings. The standard InChI is InChI=1S/C21H25ClN2O2S/c1-4-24(5-2)20(25)14-23(3)21(26)17-8-6-16(7-9-17)15-27-19-12-10-18(22)11-13-19/h6-13H,4-5,14-15H2,1-3H3. The van der Waals surface area contributed by atoms with Gasteiger partial charge in [-0.1, -0.05) is 23.7 Å². The zero-order chi connectivity index (χ0) is 19.8. The van der Waals surface area contributed by atoms with Crippen LogP contribution in [0.25, 0.3) is 0 Å². The normalized spacial score (nSPS) is 10.5. The molecule has 2 aromatic carbocycles. The average molecular weight is 405 g/mol. The Kier molecular flexibility index (Phi) is 8.20. The monoisotopic (exact) mass is 404 g/mol. The first-order valence-electron chi connectivity index (χ1n) is 8.95. The minimum Gasteiger partial charge on any atom is -0.342 e. The number of rotatable bonds is 8. The van der Waals surface area contributed by atoms with E-state index in [-0.39, 0.29) is 18.4 Å². The third-order valence-electron chi connectivity index (χ3n) is 4.26. The Morgan fingerprint density at radius 2 is 1.56 bits per heavy atom. The molecule has 0 spiro atoms. The molecule has 0 bridgehead atoms. The molecule has 2 rings (SSSR count). The molecule has 0 N–H and O–H groups in total. The van der Waals surface area contributed by atoms with Crippen LogP contribution in [0.2, 0.25) is 5.02 Å². The molecule has 0 aliphatic heterocycles. The highest BCUT2D eigenvalue weighted by atomic mass is 35.5. The largest absolute Gasteiger partial charge is 0.342 e. The fourth-order valence-corrected chi connectivity index (χ4v) is 3.59. The third-order valence-corrected chi connectivity index (χ3v) is 5.59. The zero-order valence-electron chi connectivity index (χ0n) is 15.9. The molecule has 0 radical (unpaired) electrons. The van der Waals surface area contributed by atoms with Gasteiger partial charge in [0.2, 0.25) is 5.91 Å². The number of halogens is 1. The van der Waals surface area contributed by atoms with Crippen LogP contribution in [-0.2, 0) is 10.5 Å². The van der Waals surface area contributed by atoms with E-state index in [0.717, 1.165) is 21.2 Å². The topological polar surface area (TPSA) is 40.6 Å². The highest BCUT2D eigenvalue weighted by Gasteiger charge is 2.17.